The number of carbonyl (C=O) groups is 1. The van der Waals surface area contributed by atoms with Crippen molar-refractivity contribution >= 4 is 29.1 Å². The maximum absolute atomic E-state index is 13.9. The third kappa shape index (κ3) is 4.32. The molecule has 0 radical (unpaired) electrons. The molecular weight excluding hydrogens is 362 g/mol. The minimum Gasteiger partial charge on any atom is -0.350 e. The van der Waals surface area contributed by atoms with Gasteiger partial charge in [0.15, 0.2) is 0 Å². The van der Waals surface area contributed by atoms with Crippen LogP contribution in [0.5, 0.6) is 0 Å². The normalized spacial score (nSPS) is 16.0. The molecule has 1 unspecified atom stereocenters. The van der Waals surface area contributed by atoms with Crippen LogP contribution in [0.4, 0.5) is 4.39 Å². The largest absolute Gasteiger partial charge is 0.350 e. The Morgan fingerprint density at radius 3 is 2.60 bits per heavy atom. The highest BCUT2D eigenvalue weighted by atomic mass is 35.5. The summed E-state index contributed by atoms with van der Waals surface area (Å²) < 4.78 is 13.9. The molecule has 1 heterocycles. The fourth-order valence-electron chi connectivity index (χ4n) is 3.19. The number of rotatable bonds is 5. The van der Waals surface area contributed by atoms with Gasteiger partial charge in [-0.25, -0.2) is 4.39 Å². The Bertz CT molecular complexity index is 763. The van der Waals surface area contributed by atoms with Crippen LogP contribution in [-0.4, -0.2) is 30.4 Å². The lowest BCUT2D eigenvalue weighted by Crippen LogP contribution is -2.37. The van der Waals surface area contributed by atoms with Gasteiger partial charge in [0, 0.05) is 16.6 Å². The first-order valence-corrected chi connectivity index (χ1v) is 9.03. The molecule has 1 aliphatic heterocycles. The Morgan fingerprint density at radius 2 is 1.88 bits per heavy atom. The van der Waals surface area contributed by atoms with Crippen molar-refractivity contribution < 1.29 is 9.18 Å². The van der Waals surface area contributed by atoms with E-state index in [0.29, 0.717) is 16.6 Å². The molecular formula is C19H19Cl2FN2O. The highest BCUT2D eigenvalue weighted by Crippen LogP contribution is 2.29. The lowest BCUT2D eigenvalue weighted by Gasteiger charge is -2.29. The van der Waals surface area contributed by atoms with Crippen molar-refractivity contribution in [2.45, 2.75) is 18.9 Å². The van der Waals surface area contributed by atoms with Crippen LogP contribution in [0.25, 0.3) is 0 Å². The predicted octanol–water partition coefficient (Wildman–Crippen LogP) is 4.70. The van der Waals surface area contributed by atoms with E-state index in [9.17, 15) is 9.18 Å². The summed E-state index contributed by atoms with van der Waals surface area (Å²) >= 11 is 12.2. The van der Waals surface area contributed by atoms with E-state index in [1.54, 1.807) is 0 Å². The van der Waals surface area contributed by atoms with Crippen LogP contribution in [0.3, 0.4) is 0 Å². The second-order valence-electron chi connectivity index (χ2n) is 6.11. The first-order valence-electron chi connectivity index (χ1n) is 8.28. The van der Waals surface area contributed by atoms with Gasteiger partial charge in [0.05, 0.1) is 11.6 Å². The third-order valence-electron chi connectivity index (χ3n) is 4.47. The monoisotopic (exact) mass is 380 g/mol. The maximum atomic E-state index is 13.9. The van der Waals surface area contributed by atoms with Crippen LogP contribution in [0.2, 0.25) is 10.0 Å². The topological polar surface area (TPSA) is 32.3 Å². The van der Waals surface area contributed by atoms with Gasteiger partial charge in [0.2, 0.25) is 0 Å². The summed E-state index contributed by atoms with van der Waals surface area (Å²) in [6.45, 7) is 2.27. The van der Waals surface area contributed by atoms with Gasteiger partial charge in [0.25, 0.3) is 5.91 Å². The quantitative estimate of drug-likeness (QED) is 0.814. The Kier molecular flexibility index (Phi) is 5.94. The Hall–Kier alpha value is -1.62. The molecule has 1 saturated heterocycles. The Morgan fingerprint density at radius 1 is 1.16 bits per heavy atom. The highest BCUT2D eigenvalue weighted by Gasteiger charge is 2.26. The van der Waals surface area contributed by atoms with Crippen molar-refractivity contribution in [3.05, 3.63) is 69.5 Å². The van der Waals surface area contributed by atoms with Gasteiger partial charge >= 0.3 is 0 Å². The number of nitrogens with one attached hydrogen (secondary N) is 1. The molecule has 0 aliphatic carbocycles. The molecule has 1 amide bonds. The summed E-state index contributed by atoms with van der Waals surface area (Å²) in [6.07, 6.45) is 2.25. The molecule has 0 spiro atoms. The molecule has 0 bridgehead atoms. The van der Waals surface area contributed by atoms with E-state index in [1.165, 1.54) is 18.2 Å². The first-order chi connectivity index (χ1) is 12.1. The average molecular weight is 381 g/mol. The van der Waals surface area contributed by atoms with Crippen molar-refractivity contribution in [2.75, 3.05) is 19.6 Å². The van der Waals surface area contributed by atoms with Crippen LogP contribution >= 0.6 is 23.2 Å². The predicted molar refractivity (Wildman–Crippen MR) is 98.7 cm³/mol. The number of benzene rings is 2. The highest BCUT2D eigenvalue weighted by molar-refractivity contribution is 6.31. The minimum atomic E-state index is -0.586. The lowest BCUT2D eigenvalue weighted by molar-refractivity contribution is 0.0934. The van der Waals surface area contributed by atoms with Gasteiger partial charge < -0.3 is 5.32 Å². The van der Waals surface area contributed by atoms with E-state index in [1.807, 2.05) is 24.3 Å². The zero-order chi connectivity index (χ0) is 17.8. The third-order valence-corrected chi connectivity index (χ3v) is 5.05. The van der Waals surface area contributed by atoms with Gasteiger partial charge in [-0.3, -0.25) is 9.69 Å². The van der Waals surface area contributed by atoms with Crippen molar-refractivity contribution in [1.82, 2.24) is 10.2 Å². The fraction of sp³-hybridized carbons (Fsp3) is 0.316. The van der Waals surface area contributed by atoms with Gasteiger partial charge in [-0.1, -0.05) is 41.4 Å². The van der Waals surface area contributed by atoms with Crippen molar-refractivity contribution in [3.63, 3.8) is 0 Å². The van der Waals surface area contributed by atoms with E-state index in [4.69, 9.17) is 23.2 Å². The number of nitrogens with zero attached hydrogens (tertiary/aromatic N) is 1. The number of carbonyl (C=O) groups excluding carboxylic acids is 1. The number of amides is 1. The van der Waals surface area contributed by atoms with Crippen molar-refractivity contribution in [3.8, 4) is 0 Å². The number of likely N-dealkylation sites (tertiary alicyclic amines) is 1. The molecule has 3 nitrogen and oxygen atoms in total. The first kappa shape index (κ1) is 18.2. The smallest absolute Gasteiger partial charge is 0.254 e. The number of hydrogen-bond acceptors (Lipinski definition) is 2. The van der Waals surface area contributed by atoms with Crippen molar-refractivity contribution in [2.24, 2.45) is 0 Å². The van der Waals surface area contributed by atoms with E-state index in [-0.39, 0.29) is 11.6 Å². The summed E-state index contributed by atoms with van der Waals surface area (Å²) in [5.41, 5.74) is 0.921. The van der Waals surface area contributed by atoms with Gasteiger partial charge in [0.1, 0.15) is 5.82 Å². The lowest BCUT2D eigenvalue weighted by atomic mass is 10.0. The summed E-state index contributed by atoms with van der Waals surface area (Å²) in [4.78, 5) is 14.7. The van der Waals surface area contributed by atoms with Crippen LogP contribution in [-0.2, 0) is 0 Å². The summed E-state index contributed by atoms with van der Waals surface area (Å²) in [5, 5.41) is 3.83. The molecule has 2 aromatic rings. The van der Waals surface area contributed by atoms with Crippen LogP contribution in [0, 0.1) is 5.82 Å². The van der Waals surface area contributed by atoms with Gasteiger partial charge in [-0.05, 0) is 55.8 Å². The average Bonchev–Trinajstić information content (AvgIpc) is 3.13. The maximum Gasteiger partial charge on any atom is 0.254 e. The molecule has 1 aliphatic rings. The second kappa shape index (κ2) is 8.17. The molecule has 0 saturated carbocycles. The van der Waals surface area contributed by atoms with Gasteiger partial charge in [-0.15, -0.1) is 0 Å². The standard InChI is InChI=1S/C19H19Cl2FN2O/c20-13-7-8-17(22)15(11-13)19(25)23-12-18(24-9-3-4-10-24)14-5-1-2-6-16(14)21/h1-2,5-8,11,18H,3-4,9-10,12H2,(H,23,25). The SMILES string of the molecule is O=C(NCC(c1ccccc1Cl)N1CCCC1)c1cc(Cl)ccc1F. The molecule has 3 rings (SSSR count). The zero-order valence-electron chi connectivity index (χ0n) is 13.6. The zero-order valence-corrected chi connectivity index (χ0v) is 15.2. The molecule has 1 fully saturated rings. The minimum absolute atomic E-state index is 0.0394. The molecule has 1 N–H and O–H groups in total. The number of hydrogen-bond donors (Lipinski definition) is 1. The van der Waals surface area contributed by atoms with Crippen LogP contribution < -0.4 is 5.32 Å². The van der Waals surface area contributed by atoms with Crippen LogP contribution in [0.1, 0.15) is 34.8 Å². The van der Waals surface area contributed by atoms with E-state index in [0.717, 1.165) is 31.5 Å². The van der Waals surface area contributed by atoms with E-state index in [2.05, 4.69) is 10.2 Å². The number of halogens is 3. The van der Waals surface area contributed by atoms with Crippen molar-refractivity contribution in [1.29, 1.82) is 0 Å². The fourth-order valence-corrected chi connectivity index (χ4v) is 3.62. The van der Waals surface area contributed by atoms with Crippen LogP contribution in [0.15, 0.2) is 42.5 Å². The molecule has 2 aromatic carbocycles. The van der Waals surface area contributed by atoms with E-state index >= 15 is 0 Å². The van der Waals surface area contributed by atoms with E-state index < -0.39 is 11.7 Å². The molecule has 1 atom stereocenters. The van der Waals surface area contributed by atoms with Gasteiger partial charge in [-0.2, -0.15) is 0 Å². The Balaban J connectivity index is 1.78. The Labute approximate surface area is 156 Å². The summed E-state index contributed by atoms with van der Waals surface area (Å²) in [6, 6.07) is 11.5. The molecule has 132 valence electrons. The summed E-state index contributed by atoms with van der Waals surface area (Å²) in [7, 11) is 0. The molecule has 6 heteroatoms. The second-order valence-corrected chi connectivity index (χ2v) is 6.96. The molecule has 25 heavy (non-hydrogen) atoms. The summed E-state index contributed by atoms with van der Waals surface area (Å²) in [5.74, 6) is -1.06. The molecule has 0 aromatic heterocycles.